The van der Waals surface area contributed by atoms with Crippen LogP contribution in [0, 0.1) is 23.2 Å². The van der Waals surface area contributed by atoms with Crippen LogP contribution in [-0.2, 0) is 0 Å². The van der Waals surface area contributed by atoms with E-state index in [4.69, 9.17) is 5.26 Å². The van der Waals surface area contributed by atoms with Gasteiger partial charge in [-0.25, -0.2) is 0 Å². The normalized spacial score (nSPS) is 41.3. The quantitative estimate of drug-likeness (QED) is 0.429. The van der Waals surface area contributed by atoms with Gasteiger partial charge in [-0.3, -0.25) is 0 Å². The smallest absolute Gasteiger partial charge is 0.0658 e. The first kappa shape index (κ1) is 3.67. The summed E-state index contributed by atoms with van der Waals surface area (Å²) >= 11 is 0. The number of nitriles is 1. The number of nitrogens with zero attached hydrogens (tertiary/aromatic N) is 1. The van der Waals surface area contributed by atoms with E-state index in [2.05, 4.69) is 13.0 Å². The van der Waals surface area contributed by atoms with Gasteiger partial charge in [0.25, 0.3) is 0 Å². The van der Waals surface area contributed by atoms with E-state index in [0.29, 0.717) is 11.8 Å². The van der Waals surface area contributed by atoms with Gasteiger partial charge in [-0.1, -0.05) is 6.92 Å². The lowest BCUT2D eigenvalue weighted by Crippen LogP contribution is -1.63. The Labute approximate surface area is 37.6 Å². The molecule has 1 aliphatic carbocycles. The summed E-state index contributed by atoms with van der Waals surface area (Å²) < 4.78 is 0. The zero-order valence-electron chi connectivity index (χ0n) is 3.81. The zero-order chi connectivity index (χ0) is 4.57. The monoisotopic (exact) mass is 81.1 g/mol. The molecule has 0 aromatic carbocycles. The van der Waals surface area contributed by atoms with Gasteiger partial charge in [0.05, 0.1) is 6.07 Å². The van der Waals surface area contributed by atoms with Crippen LogP contribution >= 0.6 is 0 Å². The Hall–Kier alpha value is -0.510. The minimum Gasteiger partial charge on any atom is -0.198 e. The first-order chi connectivity index (χ1) is 2.84. The van der Waals surface area contributed by atoms with Crippen molar-refractivity contribution in [1.29, 1.82) is 5.26 Å². The van der Waals surface area contributed by atoms with E-state index in [-0.39, 0.29) is 0 Å². The van der Waals surface area contributed by atoms with E-state index in [1.165, 1.54) is 0 Å². The van der Waals surface area contributed by atoms with Gasteiger partial charge in [-0.05, 0) is 12.3 Å². The predicted octanol–water partition coefficient (Wildman–Crippen LogP) is 1.17. The Balaban J connectivity index is 2.31. The van der Waals surface area contributed by atoms with Crippen LogP contribution in [0.25, 0.3) is 0 Å². The third-order valence-corrected chi connectivity index (χ3v) is 1.28. The van der Waals surface area contributed by atoms with Gasteiger partial charge in [-0.2, -0.15) is 5.26 Å². The molecule has 2 atom stereocenters. The fraction of sp³-hybridized carbons (Fsp3) is 0.800. The third-order valence-electron chi connectivity index (χ3n) is 1.28. The zero-order valence-corrected chi connectivity index (χ0v) is 3.81. The molecule has 1 fully saturated rings. The molecule has 1 heteroatoms. The van der Waals surface area contributed by atoms with Crippen LogP contribution in [0.4, 0.5) is 0 Å². The molecule has 0 unspecified atom stereocenters. The molecule has 0 saturated heterocycles. The maximum Gasteiger partial charge on any atom is 0.0658 e. The van der Waals surface area contributed by atoms with Gasteiger partial charge in [-0.15, -0.1) is 0 Å². The van der Waals surface area contributed by atoms with Gasteiger partial charge in [0.1, 0.15) is 0 Å². The van der Waals surface area contributed by atoms with Crippen LogP contribution in [0.1, 0.15) is 13.3 Å². The van der Waals surface area contributed by atoms with Crippen molar-refractivity contribution in [2.45, 2.75) is 13.3 Å². The second-order valence-corrected chi connectivity index (χ2v) is 1.95. The molecule has 6 heavy (non-hydrogen) atoms. The summed E-state index contributed by atoms with van der Waals surface area (Å²) in [4.78, 5) is 0. The first-order valence-corrected chi connectivity index (χ1v) is 2.24. The minimum absolute atomic E-state index is 0.407. The molecule has 0 radical (unpaired) electrons. The maximum absolute atomic E-state index is 8.13. The Kier molecular flexibility index (Phi) is 0.597. The minimum atomic E-state index is 0.407. The number of hydrogen-bond acceptors (Lipinski definition) is 1. The predicted molar refractivity (Wildman–Crippen MR) is 22.9 cm³/mol. The van der Waals surface area contributed by atoms with E-state index in [1.807, 2.05) is 0 Å². The highest BCUT2D eigenvalue weighted by molar-refractivity contribution is 4.98. The van der Waals surface area contributed by atoms with Crippen molar-refractivity contribution in [3.05, 3.63) is 0 Å². The van der Waals surface area contributed by atoms with Crippen LogP contribution in [0.2, 0.25) is 0 Å². The summed E-state index contributed by atoms with van der Waals surface area (Å²) in [6.45, 7) is 2.11. The molecular formula is C5H7N. The van der Waals surface area contributed by atoms with Crippen molar-refractivity contribution in [2.75, 3.05) is 0 Å². The lowest BCUT2D eigenvalue weighted by Gasteiger charge is -1.64. The molecule has 0 aliphatic heterocycles. The number of rotatable bonds is 0. The Morgan fingerprint density at radius 2 is 2.33 bits per heavy atom. The Bertz CT molecular complexity index is 90.6. The molecule has 1 nitrogen and oxygen atoms in total. The number of hydrogen-bond donors (Lipinski definition) is 0. The van der Waals surface area contributed by atoms with Gasteiger partial charge < -0.3 is 0 Å². The molecule has 0 heterocycles. The first-order valence-electron chi connectivity index (χ1n) is 2.24. The SMILES string of the molecule is C[C@H]1C[C@@H]1C#N. The van der Waals surface area contributed by atoms with E-state index < -0.39 is 0 Å². The second-order valence-electron chi connectivity index (χ2n) is 1.95. The molecule has 32 valence electrons. The molecule has 0 bridgehead atoms. The molecule has 0 aromatic rings. The van der Waals surface area contributed by atoms with Crippen LogP contribution in [0.3, 0.4) is 0 Å². The lowest BCUT2D eigenvalue weighted by molar-refractivity contribution is 0.908. The molecule has 0 N–H and O–H groups in total. The molecule has 1 saturated carbocycles. The fourth-order valence-electron chi connectivity index (χ4n) is 0.502. The van der Waals surface area contributed by atoms with Crippen molar-refractivity contribution >= 4 is 0 Å². The summed E-state index contributed by atoms with van der Waals surface area (Å²) in [5.41, 5.74) is 0. The molecule has 1 rings (SSSR count). The summed E-state index contributed by atoms with van der Waals surface area (Å²) in [5, 5.41) is 8.13. The lowest BCUT2D eigenvalue weighted by atomic mass is 10.4. The molecule has 0 aromatic heterocycles. The largest absolute Gasteiger partial charge is 0.198 e. The van der Waals surface area contributed by atoms with Crippen molar-refractivity contribution in [2.24, 2.45) is 11.8 Å². The Morgan fingerprint density at radius 3 is 2.33 bits per heavy atom. The van der Waals surface area contributed by atoms with E-state index in [1.54, 1.807) is 0 Å². The van der Waals surface area contributed by atoms with Gasteiger partial charge in [0, 0.05) is 5.92 Å². The summed E-state index contributed by atoms with van der Waals surface area (Å²) in [5.74, 6) is 1.11. The highest BCUT2D eigenvalue weighted by Gasteiger charge is 2.31. The Morgan fingerprint density at radius 1 is 1.83 bits per heavy atom. The van der Waals surface area contributed by atoms with Crippen molar-refractivity contribution in [3.8, 4) is 6.07 Å². The van der Waals surface area contributed by atoms with Crippen LogP contribution in [0.15, 0.2) is 0 Å². The van der Waals surface area contributed by atoms with Crippen LogP contribution < -0.4 is 0 Å². The summed E-state index contributed by atoms with van der Waals surface area (Å²) in [6, 6.07) is 2.19. The van der Waals surface area contributed by atoms with Gasteiger partial charge >= 0.3 is 0 Å². The van der Waals surface area contributed by atoms with Crippen molar-refractivity contribution in [1.82, 2.24) is 0 Å². The van der Waals surface area contributed by atoms with Gasteiger partial charge in [0.15, 0.2) is 0 Å². The van der Waals surface area contributed by atoms with Gasteiger partial charge in [0.2, 0.25) is 0 Å². The van der Waals surface area contributed by atoms with Crippen LogP contribution in [0.5, 0.6) is 0 Å². The third kappa shape index (κ3) is 0.386. The molecule has 1 aliphatic rings. The fourth-order valence-corrected chi connectivity index (χ4v) is 0.502. The highest BCUT2D eigenvalue weighted by Crippen LogP contribution is 2.36. The molecular weight excluding hydrogens is 74.1 g/mol. The average Bonchev–Trinajstić information content (AvgIpc) is 2.19. The average molecular weight is 81.1 g/mol. The summed E-state index contributed by atoms with van der Waals surface area (Å²) in [6.07, 6.45) is 1.14. The highest BCUT2D eigenvalue weighted by atomic mass is 14.4. The van der Waals surface area contributed by atoms with Crippen molar-refractivity contribution in [3.63, 3.8) is 0 Å². The topological polar surface area (TPSA) is 23.8 Å². The van der Waals surface area contributed by atoms with Crippen LogP contribution in [-0.4, -0.2) is 0 Å². The molecule has 0 amide bonds. The maximum atomic E-state index is 8.13. The second kappa shape index (κ2) is 0.975. The standard InChI is InChI=1S/C5H7N/c1-4-2-5(4)3-6/h4-5H,2H2,1H3/t4-,5+/m0/s1. The molecule has 0 spiro atoms. The summed E-state index contributed by atoms with van der Waals surface area (Å²) in [7, 11) is 0. The van der Waals surface area contributed by atoms with E-state index in [9.17, 15) is 0 Å². The van der Waals surface area contributed by atoms with Crippen molar-refractivity contribution < 1.29 is 0 Å². The van der Waals surface area contributed by atoms with E-state index >= 15 is 0 Å². The van der Waals surface area contributed by atoms with E-state index in [0.717, 1.165) is 6.42 Å².